The summed E-state index contributed by atoms with van der Waals surface area (Å²) in [6, 6.07) is 0.426. The zero-order chi connectivity index (χ0) is 12.1. The summed E-state index contributed by atoms with van der Waals surface area (Å²) in [5, 5.41) is 7.85. The van der Waals surface area contributed by atoms with Crippen LogP contribution >= 0.6 is 0 Å². The van der Waals surface area contributed by atoms with Gasteiger partial charge in [0.05, 0.1) is 5.69 Å². The van der Waals surface area contributed by atoms with Gasteiger partial charge in [0.1, 0.15) is 0 Å². The summed E-state index contributed by atoms with van der Waals surface area (Å²) < 4.78 is 1.88. The number of likely N-dealkylation sites (N-methyl/N-ethyl adjacent to an activating group) is 1. The quantitative estimate of drug-likeness (QED) is 0.827. The minimum absolute atomic E-state index is 0.426. The third-order valence-electron chi connectivity index (χ3n) is 2.85. The lowest BCUT2D eigenvalue weighted by Crippen LogP contribution is -2.26. The Morgan fingerprint density at radius 1 is 1.56 bits per heavy atom. The molecular weight excluding hydrogens is 198 g/mol. The monoisotopic (exact) mass is 221 g/mol. The van der Waals surface area contributed by atoms with Crippen LogP contribution in [0.5, 0.6) is 0 Å². The number of rotatable bonds is 5. The highest BCUT2D eigenvalue weighted by molar-refractivity contribution is 5.55. The topological polar surface area (TPSA) is 29.9 Å². The molecule has 0 fully saturated rings. The number of nitrogens with one attached hydrogen (secondary N) is 1. The molecule has 1 aromatic heterocycles. The second-order valence-electron chi connectivity index (χ2n) is 4.23. The van der Waals surface area contributed by atoms with Gasteiger partial charge >= 0.3 is 0 Å². The first-order chi connectivity index (χ1) is 7.58. The van der Waals surface area contributed by atoms with Crippen molar-refractivity contribution in [1.29, 1.82) is 0 Å². The zero-order valence-electron chi connectivity index (χ0n) is 11.0. The maximum Gasteiger partial charge on any atom is 0.0694 e. The van der Waals surface area contributed by atoms with Crippen molar-refractivity contribution in [3.8, 4) is 0 Å². The summed E-state index contributed by atoms with van der Waals surface area (Å²) >= 11 is 0. The maximum absolute atomic E-state index is 4.44. The van der Waals surface area contributed by atoms with Gasteiger partial charge < -0.3 is 5.32 Å². The Kier molecular flexibility index (Phi) is 4.74. The van der Waals surface area contributed by atoms with Crippen molar-refractivity contribution in [2.75, 3.05) is 6.54 Å². The number of nitrogens with zero attached hydrogens (tertiary/aromatic N) is 2. The van der Waals surface area contributed by atoms with E-state index < -0.39 is 0 Å². The molecule has 0 radical (unpaired) electrons. The fourth-order valence-corrected chi connectivity index (χ4v) is 1.79. The highest BCUT2D eigenvalue weighted by Crippen LogP contribution is 2.13. The fraction of sp³-hybridized carbons (Fsp3) is 0.615. The van der Waals surface area contributed by atoms with Gasteiger partial charge in [0, 0.05) is 24.8 Å². The predicted octanol–water partition coefficient (Wildman–Crippen LogP) is 2.38. The number of hydrogen-bond donors (Lipinski definition) is 1. The van der Waals surface area contributed by atoms with E-state index in [1.54, 1.807) is 0 Å². The average molecular weight is 221 g/mol. The van der Waals surface area contributed by atoms with Gasteiger partial charge in [0.25, 0.3) is 0 Å². The zero-order valence-corrected chi connectivity index (χ0v) is 11.0. The summed E-state index contributed by atoms with van der Waals surface area (Å²) in [4.78, 5) is 0. The molecule has 0 aliphatic heterocycles. The number of aryl methyl sites for hydroxylation is 2. The number of aromatic nitrogens is 2. The van der Waals surface area contributed by atoms with E-state index in [9.17, 15) is 0 Å². The average Bonchev–Trinajstić information content (AvgIpc) is 2.59. The Balaban J connectivity index is 2.88. The van der Waals surface area contributed by atoms with E-state index >= 15 is 0 Å². The van der Waals surface area contributed by atoms with Crippen LogP contribution in [0.2, 0.25) is 0 Å². The second-order valence-corrected chi connectivity index (χ2v) is 4.23. The minimum atomic E-state index is 0.426. The van der Waals surface area contributed by atoms with Crippen LogP contribution in [-0.4, -0.2) is 22.4 Å². The number of hydrogen-bond acceptors (Lipinski definition) is 2. The van der Waals surface area contributed by atoms with Crippen molar-refractivity contribution >= 4 is 6.08 Å². The van der Waals surface area contributed by atoms with Gasteiger partial charge in [0.2, 0.25) is 0 Å². The van der Waals surface area contributed by atoms with E-state index in [1.807, 2.05) is 11.7 Å². The van der Waals surface area contributed by atoms with Gasteiger partial charge in [-0.05, 0) is 26.8 Å². The first-order valence-corrected chi connectivity index (χ1v) is 6.02. The lowest BCUT2D eigenvalue weighted by Gasteiger charge is -2.12. The van der Waals surface area contributed by atoms with Crippen LogP contribution in [-0.2, 0) is 13.5 Å². The first kappa shape index (κ1) is 13.0. The molecule has 1 unspecified atom stereocenters. The van der Waals surface area contributed by atoms with Crippen LogP contribution in [0.1, 0.15) is 39.0 Å². The minimum Gasteiger partial charge on any atom is -0.311 e. The van der Waals surface area contributed by atoms with Crippen molar-refractivity contribution in [1.82, 2.24) is 15.1 Å². The molecule has 0 aliphatic carbocycles. The SMILES string of the molecule is CCNC(C)C(C)=Cc1cn(C)nc1CC. The van der Waals surface area contributed by atoms with E-state index in [2.05, 4.69) is 50.4 Å². The molecule has 1 atom stereocenters. The van der Waals surface area contributed by atoms with Crippen molar-refractivity contribution in [3.63, 3.8) is 0 Å². The normalized spacial score (nSPS) is 14.2. The Hall–Kier alpha value is -1.09. The molecule has 16 heavy (non-hydrogen) atoms. The molecule has 1 N–H and O–H groups in total. The standard InChI is InChI=1S/C13H23N3/c1-6-13-12(9-16(5)15-13)8-10(3)11(4)14-7-2/h8-9,11,14H,6-7H2,1-5H3. The highest BCUT2D eigenvalue weighted by Gasteiger charge is 2.06. The molecular formula is C13H23N3. The van der Waals surface area contributed by atoms with Gasteiger partial charge in [-0.2, -0.15) is 5.10 Å². The van der Waals surface area contributed by atoms with Crippen LogP contribution < -0.4 is 5.32 Å². The van der Waals surface area contributed by atoms with Crippen LogP contribution in [0.3, 0.4) is 0 Å². The molecule has 0 saturated carbocycles. The largest absolute Gasteiger partial charge is 0.311 e. The summed E-state index contributed by atoms with van der Waals surface area (Å²) in [5.74, 6) is 0. The second kappa shape index (κ2) is 5.85. The summed E-state index contributed by atoms with van der Waals surface area (Å²) in [6.45, 7) is 9.63. The Bertz CT molecular complexity index is 363. The smallest absolute Gasteiger partial charge is 0.0694 e. The molecule has 1 aromatic rings. The Morgan fingerprint density at radius 3 is 2.81 bits per heavy atom. The van der Waals surface area contributed by atoms with E-state index in [0.29, 0.717) is 6.04 Å². The molecule has 0 aliphatic rings. The van der Waals surface area contributed by atoms with Gasteiger partial charge in [-0.1, -0.05) is 25.5 Å². The van der Waals surface area contributed by atoms with Gasteiger partial charge in [-0.25, -0.2) is 0 Å². The Labute approximate surface area is 98.5 Å². The molecule has 3 heteroatoms. The molecule has 1 heterocycles. The maximum atomic E-state index is 4.44. The van der Waals surface area contributed by atoms with E-state index in [0.717, 1.165) is 13.0 Å². The molecule has 90 valence electrons. The molecule has 0 amide bonds. The summed E-state index contributed by atoms with van der Waals surface area (Å²) in [7, 11) is 1.97. The van der Waals surface area contributed by atoms with Crippen molar-refractivity contribution in [2.24, 2.45) is 7.05 Å². The van der Waals surface area contributed by atoms with Gasteiger partial charge in [0.15, 0.2) is 0 Å². The van der Waals surface area contributed by atoms with Crippen molar-refractivity contribution in [3.05, 3.63) is 23.0 Å². The molecule has 0 bridgehead atoms. The Morgan fingerprint density at radius 2 is 2.25 bits per heavy atom. The van der Waals surface area contributed by atoms with E-state index in [-0.39, 0.29) is 0 Å². The summed E-state index contributed by atoms with van der Waals surface area (Å²) in [5.41, 5.74) is 3.77. The molecule has 0 aromatic carbocycles. The third-order valence-corrected chi connectivity index (χ3v) is 2.85. The molecule has 0 saturated heterocycles. The lowest BCUT2D eigenvalue weighted by molar-refractivity contribution is 0.636. The van der Waals surface area contributed by atoms with Gasteiger partial charge in [-0.3, -0.25) is 4.68 Å². The summed E-state index contributed by atoms with van der Waals surface area (Å²) in [6.07, 6.45) is 5.30. The highest BCUT2D eigenvalue weighted by atomic mass is 15.2. The van der Waals surface area contributed by atoms with Gasteiger partial charge in [-0.15, -0.1) is 0 Å². The molecule has 0 spiro atoms. The predicted molar refractivity (Wildman–Crippen MR) is 69.4 cm³/mol. The third kappa shape index (κ3) is 3.20. The fourth-order valence-electron chi connectivity index (χ4n) is 1.79. The lowest BCUT2D eigenvalue weighted by atomic mass is 10.1. The van der Waals surface area contributed by atoms with Crippen molar-refractivity contribution in [2.45, 2.75) is 40.2 Å². The molecule has 1 rings (SSSR count). The van der Waals surface area contributed by atoms with Crippen LogP contribution in [0.15, 0.2) is 11.8 Å². The van der Waals surface area contributed by atoms with Crippen LogP contribution in [0.25, 0.3) is 6.08 Å². The van der Waals surface area contributed by atoms with Crippen LogP contribution in [0.4, 0.5) is 0 Å². The van der Waals surface area contributed by atoms with Crippen molar-refractivity contribution < 1.29 is 0 Å². The first-order valence-electron chi connectivity index (χ1n) is 6.02. The van der Waals surface area contributed by atoms with E-state index in [4.69, 9.17) is 0 Å². The van der Waals surface area contributed by atoms with E-state index in [1.165, 1.54) is 16.8 Å². The molecule has 3 nitrogen and oxygen atoms in total. The van der Waals surface area contributed by atoms with Crippen LogP contribution in [0, 0.1) is 0 Å².